The number of hydrogen-bond acceptors (Lipinski definition) is 5. The standard InChI is InChI=1S/C28H33N3O3/c1-30(2)23-11-9-21(10-12-23)26(31-16-15-20-7-5-6-8-22(20)19-31)18-29-28(32)25-14-13-24(33-3)17-27(25)34-4/h5-14,17,26H,15-16,18-19H2,1-4H3,(H,29,32)/t26-/m1/s1. The highest BCUT2D eigenvalue weighted by atomic mass is 16.5. The molecule has 1 aliphatic rings. The van der Waals surface area contributed by atoms with Crippen molar-refractivity contribution >= 4 is 11.6 Å². The summed E-state index contributed by atoms with van der Waals surface area (Å²) in [5.74, 6) is 0.988. The highest BCUT2D eigenvalue weighted by molar-refractivity contribution is 5.97. The van der Waals surface area contributed by atoms with Crippen LogP contribution in [0.25, 0.3) is 0 Å². The number of fused-ring (bicyclic) bond motifs is 1. The summed E-state index contributed by atoms with van der Waals surface area (Å²) in [5, 5.41) is 3.16. The molecular weight excluding hydrogens is 426 g/mol. The third-order valence-electron chi connectivity index (χ3n) is 6.50. The second-order valence-electron chi connectivity index (χ2n) is 8.77. The van der Waals surface area contributed by atoms with Crippen LogP contribution >= 0.6 is 0 Å². The molecule has 0 spiro atoms. The molecule has 0 aromatic heterocycles. The fraction of sp³-hybridized carbons (Fsp3) is 0.321. The van der Waals surface area contributed by atoms with E-state index < -0.39 is 0 Å². The molecule has 4 rings (SSSR count). The van der Waals surface area contributed by atoms with Crippen LogP contribution in [0, 0.1) is 0 Å². The van der Waals surface area contributed by atoms with Gasteiger partial charge in [0.2, 0.25) is 0 Å². The lowest BCUT2D eigenvalue weighted by Crippen LogP contribution is -2.40. The lowest BCUT2D eigenvalue weighted by molar-refractivity contribution is 0.0924. The van der Waals surface area contributed by atoms with Crippen molar-refractivity contribution in [3.05, 3.63) is 89.0 Å². The molecule has 3 aromatic carbocycles. The van der Waals surface area contributed by atoms with Gasteiger partial charge in [0.25, 0.3) is 5.91 Å². The number of ether oxygens (including phenoxy) is 2. The molecular formula is C28H33N3O3. The van der Waals surface area contributed by atoms with Crippen LogP contribution in [0.15, 0.2) is 66.7 Å². The van der Waals surface area contributed by atoms with Crippen LogP contribution in [-0.4, -0.2) is 52.2 Å². The van der Waals surface area contributed by atoms with E-state index in [2.05, 4.69) is 63.6 Å². The highest BCUT2D eigenvalue weighted by Gasteiger charge is 2.26. The number of amides is 1. The Hall–Kier alpha value is -3.51. The number of rotatable bonds is 8. The zero-order chi connectivity index (χ0) is 24.1. The lowest BCUT2D eigenvalue weighted by Gasteiger charge is -2.36. The summed E-state index contributed by atoms with van der Waals surface area (Å²) in [6, 6.07) is 22.5. The molecule has 3 aromatic rings. The van der Waals surface area contributed by atoms with E-state index in [0.29, 0.717) is 23.6 Å². The van der Waals surface area contributed by atoms with Gasteiger partial charge in [-0.15, -0.1) is 0 Å². The minimum absolute atomic E-state index is 0.0535. The Bertz CT molecular complexity index is 1130. The Morgan fingerprint density at radius 3 is 2.41 bits per heavy atom. The number of nitrogens with zero attached hydrogens (tertiary/aromatic N) is 2. The molecule has 6 nitrogen and oxygen atoms in total. The van der Waals surface area contributed by atoms with Gasteiger partial charge in [-0.1, -0.05) is 36.4 Å². The first-order valence-electron chi connectivity index (χ1n) is 11.6. The van der Waals surface area contributed by atoms with Crippen molar-refractivity contribution < 1.29 is 14.3 Å². The summed E-state index contributed by atoms with van der Waals surface area (Å²) in [4.78, 5) is 17.7. The van der Waals surface area contributed by atoms with Crippen LogP contribution in [0.4, 0.5) is 5.69 Å². The largest absolute Gasteiger partial charge is 0.497 e. The Morgan fingerprint density at radius 1 is 1.00 bits per heavy atom. The number of nitrogens with one attached hydrogen (secondary N) is 1. The van der Waals surface area contributed by atoms with Gasteiger partial charge in [0, 0.05) is 45.5 Å². The number of carbonyl (C=O) groups excluding carboxylic acids is 1. The smallest absolute Gasteiger partial charge is 0.255 e. The fourth-order valence-electron chi connectivity index (χ4n) is 4.51. The second-order valence-corrected chi connectivity index (χ2v) is 8.77. The van der Waals surface area contributed by atoms with Crippen molar-refractivity contribution in [3.8, 4) is 11.5 Å². The van der Waals surface area contributed by atoms with Crippen LogP contribution in [0.1, 0.15) is 33.1 Å². The molecule has 0 bridgehead atoms. The number of hydrogen-bond donors (Lipinski definition) is 1. The summed E-state index contributed by atoms with van der Waals surface area (Å²) in [6.45, 7) is 2.30. The monoisotopic (exact) mass is 459 g/mol. The van der Waals surface area contributed by atoms with E-state index in [4.69, 9.17) is 9.47 Å². The van der Waals surface area contributed by atoms with Gasteiger partial charge in [-0.25, -0.2) is 0 Å². The van der Waals surface area contributed by atoms with Crippen molar-refractivity contribution in [1.29, 1.82) is 0 Å². The molecule has 0 aliphatic carbocycles. The van der Waals surface area contributed by atoms with E-state index in [-0.39, 0.29) is 11.9 Å². The molecule has 1 amide bonds. The number of benzene rings is 3. The van der Waals surface area contributed by atoms with E-state index in [1.165, 1.54) is 16.7 Å². The van der Waals surface area contributed by atoms with Gasteiger partial charge in [0.05, 0.1) is 25.8 Å². The molecule has 0 fully saturated rings. The van der Waals surface area contributed by atoms with E-state index in [9.17, 15) is 4.79 Å². The summed E-state index contributed by atoms with van der Waals surface area (Å²) < 4.78 is 10.7. The summed E-state index contributed by atoms with van der Waals surface area (Å²) in [7, 11) is 7.23. The minimum Gasteiger partial charge on any atom is -0.497 e. The molecule has 0 saturated heterocycles. The number of carbonyl (C=O) groups is 1. The third kappa shape index (κ3) is 5.18. The molecule has 1 atom stereocenters. The Balaban J connectivity index is 1.57. The molecule has 0 radical (unpaired) electrons. The van der Waals surface area contributed by atoms with Gasteiger partial charge >= 0.3 is 0 Å². The second kappa shape index (κ2) is 10.6. The Kier molecular flexibility index (Phi) is 7.38. The fourth-order valence-corrected chi connectivity index (χ4v) is 4.51. The van der Waals surface area contributed by atoms with Gasteiger partial charge in [0.15, 0.2) is 0 Å². The average Bonchev–Trinajstić information content (AvgIpc) is 2.88. The SMILES string of the molecule is COc1ccc(C(=O)NC[C@H](c2ccc(N(C)C)cc2)N2CCc3ccccc3C2)c(OC)c1. The van der Waals surface area contributed by atoms with Crippen LogP contribution < -0.4 is 19.7 Å². The van der Waals surface area contributed by atoms with Crippen molar-refractivity contribution in [1.82, 2.24) is 10.2 Å². The van der Waals surface area contributed by atoms with Crippen molar-refractivity contribution in [2.24, 2.45) is 0 Å². The third-order valence-corrected chi connectivity index (χ3v) is 6.50. The van der Waals surface area contributed by atoms with Gasteiger partial charge in [-0.3, -0.25) is 9.69 Å². The first-order valence-corrected chi connectivity index (χ1v) is 11.6. The highest BCUT2D eigenvalue weighted by Crippen LogP contribution is 2.29. The maximum atomic E-state index is 13.1. The maximum Gasteiger partial charge on any atom is 0.255 e. The van der Waals surface area contributed by atoms with Gasteiger partial charge in [-0.05, 0) is 47.4 Å². The maximum absolute atomic E-state index is 13.1. The average molecular weight is 460 g/mol. The van der Waals surface area contributed by atoms with Crippen LogP contribution in [0.3, 0.4) is 0 Å². The number of methoxy groups -OCH3 is 2. The summed E-state index contributed by atoms with van der Waals surface area (Å²) in [6.07, 6.45) is 1.00. The first-order chi connectivity index (χ1) is 16.5. The van der Waals surface area contributed by atoms with Crippen molar-refractivity contribution in [2.45, 2.75) is 19.0 Å². The molecule has 178 valence electrons. The van der Waals surface area contributed by atoms with E-state index in [1.807, 2.05) is 14.1 Å². The lowest BCUT2D eigenvalue weighted by atomic mass is 9.96. The predicted molar refractivity (Wildman–Crippen MR) is 136 cm³/mol. The molecule has 1 heterocycles. The van der Waals surface area contributed by atoms with Gasteiger partial charge in [0.1, 0.15) is 11.5 Å². The zero-order valence-electron chi connectivity index (χ0n) is 20.4. The minimum atomic E-state index is -0.160. The van der Waals surface area contributed by atoms with Gasteiger partial charge < -0.3 is 19.7 Å². The van der Waals surface area contributed by atoms with Gasteiger partial charge in [-0.2, -0.15) is 0 Å². The Morgan fingerprint density at radius 2 is 1.74 bits per heavy atom. The van der Waals surface area contributed by atoms with E-state index in [0.717, 1.165) is 25.2 Å². The normalized spacial score (nSPS) is 14.1. The summed E-state index contributed by atoms with van der Waals surface area (Å²) in [5.41, 5.74) is 5.60. The van der Waals surface area contributed by atoms with E-state index >= 15 is 0 Å². The molecule has 1 N–H and O–H groups in total. The predicted octanol–water partition coefficient (Wildman–Crippen LogP) is 4.30. The van der Waals surface area contributed by atoms with Crippen LogP contribution in [0.5, 0.6) is 11.5 Å². The number of anilines is 1. The molecule has 0 saturated carbocycles. The zero-order valence-corrected chi connectivity index (χ0v) is 20.4. The topological polar surface area (TPSA) is 54.0 Å². The van der Waals surface area contributed by atoms with Crippen molar-refractivity contribution in [2.75, 3.05) is 46.3 Å². The van der Waals surface area contributed by atoms with Crippen LogP contribution in [-0.2, 0) is 13.0 Å². The molecule has 1 aliphatic heterocycles. The van der Waals surface area contributed by atoms with E-state index in [1.54, 1.807) is 32.4 Å². The summed E-state index contributed by atoms with van der Waals surface area (Å²) >= 11 is 0. The molecule has 6 heteroatoms. The molecule has 0 unspecified atom stereocenters. The van der Waals surface area contributed by atoms with Crippen molar-refractivity contribution in [3.63, 3.8) is 0 Å². The Labute approximate surface area is 202 Å². The van der Waals surface area contributed by atoms with Crippen LogP contribution in [0.2, 0.25) is 0 Å². The quantitative estimate of drug-likeness (QED) is 0.544. The first kappa shape index (κ1) is 23.6. The molecule has 34 heavy (non-hydrogen) atoms.